The summed E-state index contributed by atoms with van der Waals surface area (Å²) in [5, 5.41) is 0. The van der Waals surface area contributed by atoms with Gasteiger partial charge in [-0.1, -0.05) is 6.92 Å². The molecule has 0 atom stereocenters. The number of nitrogens with one attached hydrogen (secondary N) is 1. The van der Waals surface area contributed by atoms with E-state index < -0.39 is 26.7 Å². The van der Waals surface area contributed by atoms with Crippen LogP contribution < -0.4 is 10.5 Å². The third kappa shape index (κ3) is 3.10. The fourth-order valence-electron chi connectivity index (χ4n) is 1.21. The highest BCUT2D eigenvalue weighted by molar-refractivity contribution is 7.89. The summed E-state index contributed by atoms with van der Waals surface area (Å²) in [6.45, 7) is 1.58. The van der Waals surface area contributed by atoms with E-state index in [1.165, 1.54) is 6.92 Å². The Kier molecular flexibility index (Phi) is 3.68. The third-order valence-corrected chi connectivity index (χ3v) is 3.57. The molecule has 96 valence electrons. The van der Waals surface area contributed by atoms with E-state index in [0.717, 1.165) is 12.1 Å². The van der Waals surface area contributed by atoms with Crippen LogP contribution in [0.15, 0.2) is 23.1 Å². The van der Waals surface area contributed by atoms with Crippen LogP contribution in [0.2, 0.25) is 0 Å². The molecule has 0 saturated heterocycles. The molecular formula is C9H11F3N2O2S. The standard InChI is InChI=1S/C9H11F3N2O2S/c1-2-14-17(15,16)8-5-6(9(10,11)12)3-4-7(8)13/h3-5,14H,2,13H2,1H3. The highest BCUT2D eigenvalue weighted by Gasteiger charge is 2.32. The summed E-state index contributed by atoms with van der Waals surface area (Å²) < 4.78 is 62.5. The lowest BCUT2D eigenvalue weighted by atomic mass is 10.2. The topological polar surface area (TPSA) is 72.2 Å². The molecule has 0 aliphatic heterocycles. The third-order valence-electron chi connectivity index (χ3n) is 1.96. The minimum absolute atomic E-state index is 0.0675. The molecule has 0 amide bonds. The second-order valence-electron chi connectivity index (χ2n) is 3.25. The van der Waals surface area contributed by atoms with Gasteiger partial charge in [0.05, 0.1) is 11.3 Å². The van der Waals surface area contributed by atoms with Crippen LogP contribution in [-0.2, 0) is 16.2 Å². The first-order valence-electron chi connectivity index (χ1n) is 4.65. The molecule has 1 aromatic rings. The van der Waals surface area contributed by atoms with Crippen LogP contribution in [0, 0.1) is 0 Å². The van der Waals surface area contributed by atoms with Crippen LogP contribution in [0.4, 0.5) is 18.9 Å². The smallest absolute Gasteiger partial charge is 0.398 e. The van der Waals surface area contributed by atoms with Crippen LogP contribution in [0.25, 0.3) is 0 Å². The summed E-state index contributed by atoms with van der Waals surface area (Å²) in [7, 11) is -4.00. The molecular weight excluding hydrogens is 257 g/mol. The van der Waals surface area contributed by atoms with E-state index in [4.69, 9.17) is 5.73 Å². The van der Waals surface area contributed by atoms with Crippen molar-refractivity contribution in [2.45, 2.75) is 18.0 Å². The van der Waals surface area contributed by atoms with Gasteiger partial charge in [0.2, 0.25) is 10.0 Å². The van der Waals surface area contributed by atoms with Gasteiger partial charge in [0.1, 0.15) is 4.90 Å². The van der Waals surface area contributed by atoms with Crippen molar-refractivity contribution in [2.75, 3.05) is 12.3 Å². The molecule has 0 aromatic heterocycles. The van der Waals surface area contributed by atoms with E-state index in [1.54, 1.807) is 0 Å². The second-order valence-corrected chi connectivity index (χ2v) is 4.99. The van der Waals surface area contributed by atoms with Gasteiger partial charge in [0.15, 0.2) is 0 Å². The molecule has 1 rings (SSSR count). The van der Waals surface area contributed by atoms with Crippen molar-refractivity contribution in [1.29, 1.82) is 0 Å². The number of rotatable bonds is 3. The highest BCUT2D eigenvalue weighted by Crippen LogP contribution is 2.32. The van der Waals surface area contributed by atoms with Gasteiger partial charge in [0.25, 0.3) is 0 Å². The van der Waals surface area contributed by atoms with Crippen molar-refractivity contribution < 1.29 is 21.6 Å². The molecule has 0 aliphatic carbocycles. The lowest BCUT2D eigenvalue weighted by Gasteiger charge is -2.11. The maximum atomic E-state index is 12.4. The zero-order chi connectivity index (χ0) is 13.3. The second kappa shape index (κ2) is 4.53. The lowest BCUT2D eigenvalue weighted by molar-refractivity contribution is -0.137. The minimum Gasteiger partial charge on any atom is -0.398 e. The molecule has 0 heterocycles. The zero-order valence-corrected chi connectivity index (χ0v) is 9.69. The quantitative estimate of drug-likeness (QED) is 0.818. The van der Waals surface area contributed by atoms with Crippen molar-refractivity contribution in [3.8, 4) is 0 Å². The zero-order valence-electron chi connectivity index (χ0n) is 8.88. The summed E-state index contributed by atoms with van der Waals surface area (Å²) >= 11 is 0. The van der Waals surface area contributed by atoms with Gasteiger partial charge in [0, 0.05) is 6.54 Å². The Labute approximate surface area is 96.7 Å². The number of nitrogens with two attached hydrogens (primary N) is 1. The number of sulfonamides is 1. The normalized spacial score (nSPS) is 12.7. The number of hydrogen-bond donors (Lipinski definition) is 2. The number of benzene rings is 1. The minimum atomic E-state index is -4.61. The average molecular weight is 268 g/mol. The number of hydrogen-bond acceptors (Lipinski definition) is 3. The van der Waals surface area contributed by atoms with Gasteiger partial charge in [-0.05, 0) is 18.2 Å². The van der Waals surface area contributed by atoms with Crippen LogP contribution in [0.5, 0.6) is 0 Å². The summed E-state index contributed by atoms with van der Waals surface area (Å²) in [6.07, 6.45) is -4.61. The van der Waals surface area contributed by atoms with Crippen LogP contribution in [0.1, 0.15) is 12.5 Å². The SMILES string of the molecule is CCNS(=O)(=O)c1cc(C(F)(F)F)ccc1N. The van der Waals surface area contributed by atoms with Crippen molar-refractivity contribution in [1.82, 2.24) is 4.72 Å². The Bertz CT molecular complexity index is 511. The maximum Gasteiger partial charge on any atom is 0.416 e. The Morgan fingerprint density at radius 2 is 1.94 bits per heavy atom. The number of nitrogen functional groups attached to an aromatic ring is 1. The maximum absolute atomic E-state index is 12.4. The summed E-state index contributed by atoms with van der Waals surface area (Å²) in [5.74, 6) is 0. The molecule has 0 radical (unpaired) electrons. The molecule has 17 heavy (non-hydrogen) atoms. The van der Waals surface area contributed by atoms with Crippen LogP contribution in [-0.4, -0.2) is 15.0 Å². The van der Waals surface area contributed by atoms with E-state index in [1.807, 2.05) is 0 Å². The molecule has 4 nitrogen and oxygen atoms in total. The van der Waals surface area contributed by atoms with Gasteiger partial charge in [-0.3, -0.25) is 0 Å². The Morgan fingerprint density at radius 3 is 2.41 bits per heavy atom. The van der Waals surface area contributed by atoms with Crippen molar-refractivity contribution in [3.63, 3.8) is 0 Å². The lowest BCUT2D eigenvalue weighted by Crippen LogP contribution is -2.24. The first kappa shape index (κ1) is 13.8. The fourth-order valence-corrected chi connectivity index (χ4v) is 2.41. The molecule has 8 heteroatoms. The van der Waals surface area contributed by atoms with Gasteiger partial charge in [-0.2, -0.15) is 13.2 Å². The van der Waals surface area contributed by atoms with Gasteiger partial charge < -0.3 is 5.73 Å². The number of alkyl halides is 3. The van der Waals surface area contributed by atoms with E-state index in [0.29, 0.717) is 6.07 Å². The number of halogens is 3. The Hall–Kier alpha value is -1.28. The van der Waals surface area contributed by atoms with Gasteiger partial charge in [-0.25, -0.2) is 13.1 Å². The predicted octanol–water partition coefficient (Wildman–Crippen LogP) is 1.59. The average Bonchev–Trinajstić information content (AvgIpc) is 2.15. The van der Waals surface area contributed by atoms with Gasteiger partial charge >= 0.3 is 6.18 Å². The summed E-state index contributed by atoms with van der Waals surface area (Å²) in [6, 6.07) is 2.18. The summed E-state index contributed by atoms with van der Waals surface area (Å²) in [4.78, 5) is -0.561. The summed E-state index contributed by atoms with van der Waals surface area (Å²) in [5.41, 5.74) is 4.09. The van der Waals surface area contributed by atoms with E-state index in [2.05, 4.69) is 4.72 Å². The van der Waals surface area contributed by atoms with Crippen LogP contribution >= 0.6 is 0 Å². The van der Waals surface area contributed by atoms with E-state index in [9.17, 15) is 21.6 Å². The van der Waals surface area contributed by atoms with Crippen molar-refractivity contribution >= 4 is 15.7 Å². The molecule has 3 N–H and O–H groups in total. The number of anilines is 1. The Morgan fingerprint density at radius 1 is 1.35 bits per heavy atom. The first-order valence-corrected chi connectivity index (χ1v) is 6.13. The van der Waals surface area contributed by atoms with Crippen molar-refractivity contribution in [3.05, 3.63) is 23.8 Å². The molecule has 0 aliphatic rings. The van der Waals surface area contributed by atoms with Crippen molar-refractivity contribution in [2.24, 2.45) is 0 Å². The van der Waals surface area contributed by atoms with E-state index >= 15 is 0 Å². The molecule has 0 saturated carbocycles. The fraction of sp³-hybridized carbons (Fsp3) is 0.333. The molecule has 0 unspecified atom stereocenters. The largest absolute Gasteiger partial charge is 0.416 e. The molecule has 1 aromatic carbocycles. The van der Waals surface area contributed by atoms with Crippen LogP contribution in [0.3, 0.4) is 0 Å². The molecule has 0 fully saturated rings. The van der Waals surface area contributed by atoms with E-state index in [-0.39, 0.29) is 12.2 Å². The first-order chi connectivity index (χ1) is 7.68. The predicted molar refractivity (Wildman–Crippen MR) is 56.7 cm³/mol. The van der Waals surface area contributed by atoms with Gasteiger partial charge in [-0.15, -0.1) is 0 Å². The Balaban J connectivity index is 3.35. The highest BCUT2D eigenvalue weighted by atomic mass is 32.2. The molecule has 0 bridgehead atoms. The monoisotopic (exact) mass is 268 g/mol. The molecule has 0 spiro atoms.